The summed E-state index contributed by atoms with van der Waals surface area (Å²) in [5, 5.41) is 12.5. The van der Waals surface area contributed by atoms with Crippen LogP contribution < -0.4 is 5.32 Å². The van der Waals surface area contributed by atoms with Crippen LogP contribution in [0.4, 0.5) is 5.69 Å². The fourth-order valence-corrected chi connectivity index (χ4v) is 3.87. The fourth-order valence-electron chi connectivity index (χ4n) is 1.97. The van der Waals surface area contributed by atoms with Gasteiger partial charge in [-0.3, -0.25) is 4.79 Å². The average Bonchev–Trinajstić information content (AvgIpc) is 3.01. The number of amides is 1. The molecule has 0 spiro atoms. The van der Waals surface area contributed by atoms with E-state index in [1.807, 2.05) is 31.2 Å². The maximum absolute atomic E-state index is 12.2. The molecule has 24 heavy (non-hydrogen) atoms. The van der Waals surface area contributed by atoms with Gasteiger partial charge in [-0.1, -0.05) is 46.8 Å². The Labute approximate surface area is 153 Å². The predicted octanol–water partition coefficient (Wildman–Crippen LogP) is 5.04. The Kier molecular flexibility index (Phi) is 5.50. The molecule has 3 aromatic rings. The van der Waals surface area contributed by atoms with Crippen LogP contribution in [0.2, 0.25) is 5.02 Å². The molecule has 0 aliphatic rings. The summed E-state index contributed by atoms with van der Waals surface area (Å²) in [6.07, 6.45) is 0. The summed E-state index contributed by atoms with van der Waals surface area (Å²) in [6, 6.07) is 14.6. The minimum Gasteiger partial charge on any atom is -0.322 e. The predicted molar refractivity (Wildman–Crippen MR) is 100 cm³/mol. The first-order chi connectivity index (χ1) is 11.6. The Morgan fingerprint density at radius 1 is 1.12 bits per heavy atom. The molecule has 1 aromatic heterocycles. The SMILES string of the molecule is Cc1nnc(SCc2ccc(C(=O)Nc3ccc(Cl)cc3)cc2)s1. The van der Waals surface area contributed by atoms with Crippen LogP contribution in [0.25, 0.3) is 0 Å². The monoisotopic (exact) mass is 375 g/mol. The second kappa shape index (κ2) is 7.79. The molecule has 0 atom stereocenters. The summed E-state index contributed by atoms with van der Waals surface area (Å²) in [7, 11) is 0. The lowest BCUT2D eigenvalue weighted by Gasteiger charge is -2.06. The van der Waals surface area contributed by atoms with Crippen LogP contribution in [0.15, 0.2) is 52.9 Å². The first kappa shape index (κ1) is 17.0. The van der Waals surface area contributed by atoms with Gasteiger partial charge in [0, 0.05) is 22.0 Å². The summed E-state index contributed by atoms with van der Waals surface area (Å²) in [5.41, 5.74) is 2.47. The van der Waals surface area contributed by atoms with Crippen LogP contribution in [0, 0.1) is 6.92 Å². The number of aromatic nitrogens is 2. The zero-order valence-electron chi connectivity index (χ0n) is 12.8. The molecule has 3 rings (SSSR count). The Morgan fingerprint density at radius 3 is 2.46 bits per heavy atom. The third-order valence-electron chi connectivity index (χ3n) is 3.19. The largest absolute Gasteiger partial charge is 0.322 e. The van der Waals surface area contributed by atoms with Crippen molar-refractivity contribution in [3.8, 4) is 0 Å². The van der Waals surface area contributed by atoms with E-state index in [0.717, 1.165) is 26.4 Å². The molecule has 0 radical (unpaired) electrons. The number of nitrogens with one attached hydrogen (secondary N) is 1. The molecule has 122 valence electrons. The molecular formula is C17H14ClN3OS2. The van der Waals surface area contributed by atoms with Crippen LogP contribution in [0.3, 0.4) is 0 Å². The second-order valence-corrected chi connectivity index (χ2v) is 7.87. The molecule has 4 nitrogen and oxygen atoms in total. The number of hydrogen-bond donors (Lipinski definition) is 1. The molecule has 2 aromatic carbocycles. The minimum absolute atomic E-state index is 0.142. The van der Waals surface area contributed by atoms with Crippen molar-refractivity contribution in [2.24, 2.45) is 0 Å². The van der Waals surface area contributed by atoms with Gasteiger partial charge in [0.15, 0.2) is 4.34 Å². The summed E-state index contributed by atoms with van der Waals surface area (Å²) < 4.78 is 0.956. The van der Waals surface area contributed by atoms with Gasteiger partial charge in [-0.05, 0) is 48.9 Å². The van der Waals surface area contributed by atoms with Crippen LogP contribution >= 0.6 is 34.7 Å². The number of halogens is 1. The first-order valence-corrected chi connectivity index (χ1v) is 9.37. The van der Waals surface area contributed by atoms with Gasteiger partial charge < -0.3 is 5.32 Å². The Hall–Kier alpha value is -1.89. The maximum Gasteiger partial charge on any atom is 0.255 e. The van der Waals surface area contributed by atoms with E-state index in [0.29, 0.717) is 10.6 Å². The number of hydrogen-bond acceptors (Lipinski definition) is 5. The lowest BCUT2D eigenvalue weighted by atomic mass is 10.1. The molecule has 0 aliphatic heterocycles. The highest BCUT2D eigenvalue weighted by molar-refractivity contribution is 8.00. The Bertz CT molecular complexity index is 832. The van der Waals surface area contributed by atoms with E-state index in [-0.39, 0.29) is 5.91 Å². The molecule has 0 fully saturated rings. The zero-order valence-corrected chi connectivity index (χ0v) is 15.2. The highest BCUT2D eigenvalue weighted by Crippen LogP contribution is 2.25. The maximum atomic E-state index is 12.2. The summed E-state index contributed by atoms with van der Waals surface area (Å²) in [6.45, 7) is 1.94. The third kappa shape index (κ3) is 4.56. The minimum atomic E-state index is -0.142. The molecule has 1 heterocycles. The molecular weight excluding hydrogens is 362 g/mol. The van der Waals surface area contributed by atoms with Gasteiger partial charge in [0.1, 0.15) is 5.01 Å². The van der Waals surface area contributed by atoms with Gasteiger partial charge in [-0.2, -0.15) is 0 Å². The molecule has 0 unspecified atom stereocenters. The van der Waals surface area contributed by atoms with E-state index in [9.17, 15) is 4.79 Å². The number of anilines is 1. The summed E-state index contributed by atoms with van der Waals surface area (Å²) >= 11 is 9.06. The van der Waals surface area contributed by atoms with Gasteiger partial charge in [-0.15, -0.1) is 10.2 Å². The van der Waals surface area contributed by atoms with Crippen molar-refractivity contribution >= 4 is 46.3 Å². The molecule has 0 saturated carbocycles. The number of thioether (sulfide) groups is 1. The van der Waals surface area contributed by atoms with E-state index >= 15 is 0 Å². The van der Waals surface area contributed by atoms with Crippen LogP contribution in [0.1, 0.15) is 20.9 Å². The molecule has 0 bridgehead atoms. The van der Waals surface area contributed by atoms with Gasteiger partial charge in [0.25, 0.3) is 5.91 Å². The number of carbonyl (C=O) groups is 1. The summed E-state index contributed by atoms with van der Waals surface area (Å²) in [5.74, 6) is 0.657. The highest BCUT2D eigenvalue weighted by atomic mass is 35.5. The number of aryl methyl sites for hydroxylation is 1. The van der Waals surface area contributed by atoms with Crippen molar-refractivity contribution in [1.82, 2.24) is 10.2 Å². The van der Waals surface area contributed by atoms with E-state index < -0.39 is 0 Å². The molecule has 1 amide bonds. The third-order valence-corrected chi connectivity index (χ3v) is 5.48. The number of benzene rings is 2. The smallest absolute Gasteiger partial charge is 0.255 e. The summed E-state index contributed by atoms with van der Waals surface area (Å²) in [4.78, 5) is 12.2. The standard InChI is InChI=1S/C17H14ClN3OS2/c1-11-20-21-17(24-11)23-10-12-2-4-13(5-3-12)16(22)19-15-8-6-14(18)7-9-15/h2-9H,10H2,1H3,(H,19,22). The lowest BCUT2D eigenvalue weighted by Crippen LogP contribution is -2.11. The number of rotatable bonds is 5. The van der Waals surface area contributed by atoms with Crippen LogP contribution in [-0.4, -0.2) is 16.1 Å². The van der Waals surface area contributed by atoms with Crippen molar-refractivity contribution in [2.45, 2.75) is 17.0 Å². The second-order valence-electron chi connectivity index (χ2n) is 5.03. The van der Waals surface area contributed by atoms with Gasteiger partial charge in [0.05, 0.1) is 0 Å². The fraction of sp³-hybridized carbons (Fsp3) is 0.118. The van der Waals surface area contributed by atoms with Crippen molar-refractivity contribution in [3.63, 3.8) is 0 Å². The highest BCUT2D eigenvalue weighted by Gasteiger charge is 2.07. The number of carbonyl (C=O) groups excluding carboxylic acids is 1. The van der Waals surface area contributed by atoms with Crippen molar-refractivity contribution < 1.29 is 4.79 Å². The molecule has 7 heteroatoms. The van der Waals surface area contributed by atoms with E-state index in [1.54, 1.807) is 47.4 Å². The van der Waals surface area contributed by atoms with E-state index in [4.69, 9.17) is 11.6 Å². The zero-order chi connectivity index (χ0) is 16.9. The molecule has 1 N–H and O–H groups in total. The lowest BCUT2D eigenvalue weighted by molar-refractivity contribution is 0.102. The van der Waals surface area contributed by atoms with Crippen molar-refractivity contribution in [2.75, 3.05) is 5.32 Å². The Morgan fingerprint density at radius 2 is 1.83 bits per heavy atom. The molecule has 0 saturated heterocycles. The first-order valence-electron chi connectivity index (χ1n) is 7.19. The van der Waals surface area contributed by atoms with Gasteiger partial charge in [0.2, 0.25) is 0 Å². The van der Waals surface area contributed by atoms with Gasteiger partial charge >= 0.3 is 0 Å². The van der Waals surface area contributed by atoms with E-state index in [2.05, 4.69) is 15.5 Å². The average molecular weight is 376 g/mol. The quantitative estimate of drug-likeness (QED) is 0.634. The normalized spacial score (nSPS) is 10.6. The topological polar surface area (TPSA) is 54.9 Å². The Balaban J connectivity index is 1.59. The van der Waals surface area contributed by atoms with Crippen molar-refractivity contribution in [1.29, 1.82) is 0 Å². The number of nitrogens with zero attached hydrogens (tertiary/aromatic N) is 2. The van der Waals surface area contributed by atoms with E-state index in [1.165, 1.54) is 0 Å². The van der Waals surface area contributed by atoms with Crippen LogP contribution in [0.5, 0.6) is 0 Å². The van der Waals surface area contributed by atoms with Crippen molar-refractivity contribution in [3.05, 3.63) is 69.7 Å². The van der Waals surface area contributed by atoms with Crippen LogP contribution in [-0.2, 0) is 5.75 Å². The molecule has 0 aliphatic carbocycles. The van der Waals surface area contributed by atoms with Gasteiger partial charge in [-0.25, -0.2) is 0 Å².